The van der Waals surface area contributed by atoms with Gasteiger partial charge in [0.2, 0.25) is 10.0 Å². The Bertz CT molecular complexity index is 862. The van der Waals surface area contributed by atoms with Gasteiger partial charge in [0, 0.05) is 5.56 Å². The number of carbonyl (C=O) groups excluding carboxylic acids is 1. The largest absolute Gasteiger partial charge is 0.345 e. The Morgan fingerprint density at radius 1 is 1.08 bits per heavy atom. The summed E-state index contributed by atoms with van der Waals surface area (Å²) in [6.07, 6.45) is 1.94. The van der Waals surface area contributed by atoms with E-state index in [2.05, 4.69) is 23.9 Å². The maximum absolute atomic E-state index is 12.7. The minimum atomic E-state index is -3.35. The van der Waals surface area contributed by atoms with Gasteiger partial charge in [-0.25, -0.2) is 8.42 Å². The van der Waals surface area contributed by atoms with Crippen molar-refractivity contribution in [3.05, 3.63) is 65.2 Å². The molecule has 2 aromatic carbocycles. The number of aryl methyl sites for hydroxylation is 1. The third kappa shape index (κ3) is 5.88. The van der Waals surface area contributed by atoms with Crippen LogP contribution in [0.3, 0.4) is 0 Å². The zero-order chi connectivity index (χ0) is 19.3. The Hall–Kier alpha value is -2.34. The van der Waals surface area contributed by atoms with Gasteiger partial charge in [0.05, 0.1) is 18.0 Å². The average Bonchev–Trinajstić information content (AvgIpc) is 2.55. The van der Waals surface area contributed by atoms with Gasteiger partial charge in [-0.15, -0.1) is 0 Å². The van der Waals surface area contributed by atoms with Crippen LogP contribution in [0.1, 0.15) is 47.8 Å². The van der Waals surface area contributed by atoms with E-state index in [0.717, 1.165) is 18.2 Å². The Morgan fingerprint density at radius 2 is 1.73 bits per heavy atom. The molecule has 1 atom stereocenters. The molecule has 2 N–H and O–H groups in total. The molecule has 26 heavy (non-hydrogen) atoms. The van der Waals surface area contributed by atoms with Crippen LogP contribution in [0.15, 0.2) is 48.5 Å². The molecular weight excluding hydrogens is 348 g/mol. The van der Waals surface area contributed by atoms with Gasteiger partial charge >= 0.3 is 0 Å². The van der Waals surface area contributed by atoms with Gasteiger partial charge in [0.25, 0.3) is 5.91 Å². The first-order valence-corrected chi connectivity index (χ1v) is 10.5. The van der Waals surface area contributed by atoms with Gasteiger partial charge in [0.15, 0.2) is 0 Å². The van der Waals surface area contributed by atoms with Crippen molar-refractivity contribution in [1.82, 2.24) is 5.32 Å². The molecule has 140 valence electrons. The molecule has 6 heteroatoms. The molecule has 0 unspecified atom stereocenters. The summed E-state index contributed by atoms with van der Waals surface area (Å²) in [5.74, 6) is 0.261. The summed E-state index contributed by atoms with van der Waals surface area (Å²) in [6.45, 7) is 6.02. The SMILES string of the molecule is Cc1cc(C(=O)N[C@H](CC(C)C)c2ccccc2)ccc1NS(C)(=O)=O. The number of rotatable bonds is 7. The van der Waals surface area contributed by atoms with E-state index < -0.39 is 10.0 Å². The number of hydrogen-bond acceptors (Lipinski definition) is 3. The van der Waals surface area contributed by atoms with E-state index in [1.165, 1.54) is 0 Å². The quantitative estimate of drug-likeness (QED) is 0.772. The smallest absolute Gasteiger partial charge is 0.251 e. The van der Waals surface area contributed by atoms with Crippen molar-refractivity contribution in [3.8, 4) is 0 Å². The number of anilines is 1. The van der Waals surface area contributed by atoms with Crippen LogP contribution in [0.4, 0.5) is 5.69 Å². The first-order valence-electron chi connectivity index (χ1n) is 8.60. The third-order valence-corrected chi connectivity index (χ3v) is 4.59. The van der Waals surface area contributed by atoms with Crippen molar-refractivity contribution in [2.45, 2.75) is 33.2 Å². The molecule has 0 aromatic heterocycles. The second kappa shape index (κ2) is 8.36. The molecule has 0 fully saturated rings. The minimum Gasteiger partial charge on any atom is -0.345 e. The van der Waals surface area contributed by atoms with Crippen molar-refractivity contribution in [1.29, 1.82) is 0 Å². The second-order valence-corrected chi connectivity index (χ2v) is 8.72. The van der Waals surface area contributed by atoms with E-state index in [1.807, 2.05) is 30.3 Å². The highest BCUT2D eigenvalue weighted by Gasteiger charge is 2.18. The predicted molar refractivity (Wildman–Crippen MR) is 106 cm³/mol. The van der Waals surface area contributed by atoms with Gasteiger partial charge in [0.1, 0.15) is 0 Å². The summed E-state index contributed by atoms with van der Waals surface area (Å²) in [5.41, 5.74) is 2.75. The summed E-state index contributed by atoms with van der Waals surface area (Å²) < 4.78 is 25.2. The molecular formula is C20H26N2O3S. The van der Waals surface area contributed by atoms with Crippen LogP contribution in [-0.4, -0.2) is 20.6 Å². The van der Waals surface area contributed by atoms with Gasteiger partial charge in [-0.1, -0.05) is 44.2 Å². The van der Waals surface area contributed by atoms with E-state index in [0.29, 0.717) is 22.7 Å². The molecule has 0 saturated carbocycles. The summed E-state index contributed by atoms with van der Waals surface area (Å²) in [5, 5.41) is 3.10. The molecule has 0 aliphatic rings. The number of carbonyl (C=O) groups is 1. The molecule has 2 rings (SSSR count). The van der Waals surface area contributed by atoms with Crippen molar-refractivity contribution in [2.75, 3.05) is 11.0 Å². The Labute approximate surface area is 155 Å². The molecule has 1 amide bonds. The zero-order valence-electron chi connectivity index (χ0n) is 15.6. The van der Waals surface area contributed by atoms with Crippen LogP contribution in [0.25, 0.3) is 0 Å². The number of amides is 1. The van der Waals surface area contributed by atoms with Crippen LogP contribution in [0.2, 0.25) is 0 Å². The van der Waals surface area contributed by atoms with Crippen molar-refractivity contribution in [2.24, 2.45) is 5.92 Å². The highest BCUT2D eigenvalue weighted by Crippen LogP contribution is 2.23. The Kier molecular flexibility index (Phi) is 6.42. The van der Waals surface area contributed by atoms with Crippen LogP contribution in [0, 0.1) is 12.8 Å². The summed E-state index contributed by atoms with van der Waals surface area (Å²) >= 11 is 0. The molecule has 0 saturated heterocycles. The third-order valence-electron chi connectivity index (χ3n) is 4.00. The molecule has 0 radical (unpaired) electrons. The zero-order valence-corrected chi connectivity index (χ0v) is 16.4. The van der Waals surface area contributed by atoms with E-state index in [9.17, 15) is 13.2 Å². The number of nitrogens with one attached hydrogen (secondary N) is 2. The van der Waals surface area contributed by atoms with E-state index in [1.54, 1.807) is 25.1 Å². The van der Waals surface area contributed by atoms with Crippen molar-refractivity contribution >= 4 is 21.6 Å². The van der Waals surface area contributed by atoms with Gasteiger partial charge in [-0.2, -0.15) is 0 Å². The standard InChI is InChI=1S/C20H26N2O3S/c1-14(2)12-19(16-8-6-5-7-9-16)21-20(23)17-10-11-18(15(3)13-17)22-26(4,24)25/h5-11,13-14,19,22H,12H2,1-4H3,(H,21,23)/t19-/m1/s1. The maximum atomic E-state index is 12.7. The lowest BCUT2D eigenvalue weighted by molar-refractivity contribution is 0.0932. The van der Waals surface area contributed by atoms with Gasteiger partial charge < -0.3 is 5.32 Å². The van der Waals surface area contributed by atoms with Crippen LogP contribution in [0.5, 0.6) is 0 Å². The molecule has 0 aliphatic heterocycles. The molecule has 0 heterocycles. The van der Waals surface area contributed by atoms with E-state index in [-0.39, 0.29) is 11.9 Å². The predicted octanol–water partition coefficient (Wildman–Crippen LogP) is 3.88. The van der Waals surface area contributed by atoms with Crippen molar-refractivity contribution < 1.29 is 13.2 Å². The van der Waals surface area contributed by atoms with Gasteiger partial charge in [-0.3, -0.25) is 9.52 Å². The highest BCUT2D eigenvalue weighted by molar-refractivity contribution is 7.92. The minimum absolute atomic E-state index is 0.0715. The molecule has 0 bridgehead atoms. The van der Waals surface area contributed by atoms with Crippen LogP contribution in [-0.2, 0) is 10.0 Å². The fourth-order valence-electron chi connectivity index (χ4n) is 2.80. The number of sulfonamides is 1. The highest BCUT2D eigenvalue weighted by atomic mass is 32.2. The summed E-state index contributed by atoms with van der Waals surface area (Å²) in [4.78, 5) is 12.7. The Balaban J connectivity index is 2.20. The van der Waals surface area contributed by atoms with E-state index in [4.69, 9.17) is 0 Å². The molecule has 0 aliphatic carbocycles. The topological polar surface area (TPSA) is 75.3 Å². The van der Waals surface area contributed by atoms with Crippen LogP contribution >= 0.6 is 0 Å². The Morgan fingerprint density at radius 3 is 2.27 bits per heavy atom. The fourth-order valence-corrected chi connectivity index (χ4v) is 3.42. The van der Waals surface area contributed by atoms with E-state index >= 15 is 0 Å². The van der Waals surface area contributed by atoms with Gasteiger partial charge in [-0.05, 0) is 48.6 Å². The number of benzene rings is 2. The second-order valence-electron chi connectivity index (χ2n) is 6.97. The molecule has 5 nitrogen and oxygen atoms in total. The molecule has 2 aromatic rings. The summed E-state index contributed by atoms with van der Waals surface area (Å²) in [6, 6.07) is 14.8. The monoisotopic (exact) mass is 374 g/mol. The number of hydrogen-bond donors (Lipinski definition) is 2. The first-order chi connectivity index (χ1) is 12.2. The fraction of sp³-hybridized carbons (Fsp3) is 0.350. The lowest BCUT2D eigenvalue weighted by atomic mass is 9.96. The lowest BCUT2D eigenvalue weighted by Crippen LogP contribution is -2.29. The first kappa shape index (κ1) is 20.0. The summed E-state index contributed by atoms with van der Waals surface area (Å²) in [7, 11) is -3.35. The normalized spacial score (nSPS) is 12.7. The lowest BCUT2D eigenvalue weighted by Gasteiger charge is -2.21. The average molecular weight is 375 g/mol. The van der Waals surface area contributed by atoms with Crippen molar-refractivity contribution in [3.63, 3.8) is 0 Å². The molecule has 0 spiro atoms. The van der Waals surface area contributed by atoms with Crippen LogP contribution < -0.4 is 10.0 Å². The maximum Gasteiger partial charge on any atom is 0.251 e.